The molecule has 2 N–H and O–H groups in total. The second-order valence-electron chi connectivity index (χ2n) is 4.50. The largest absolute Gasteiger partial charge is 0.508 e. The maximum Gasteiger partial charge on any atom is 0.119 e. The first-order chi connectivity index (χ1) is 6.95. The van der Waals surface area contributed by atoms with Crippen molar-refractivity contribution in [3.8, 4) is 11.5 Å². The molecule has 0 bridgehead atoms. The van der Waals surface area contributed by atoms with Gasteiger partial charge in [0.2, 0.25) is 0 Å². The van der Waals surface area contributed by atoms with Gasteiger partial charge in [-0.25, -0.2) is 0 Å². The Morgan fingerprint density at radius 2 is 1.93 bits per heavy atom. The molecule has 3 heteroatoms. The van der Waals surface area contributed by atoms with Crippen molar-refractivity contribution < 1.29 is 14.9 Å². The van der Waals surface area contributed by atoms with E-state index in [1.165, 1.54) is 0 Å². The first kappa shape index (κ1) is 11.9. The van der Waals surface area contributed by atoms with E-state index in [1.54, 1.807) is 12.1 Å². The molecular weight excluding hydrogens is 192 g/mol. The summed E-state index contributed by atoms with van der Waals surface area (Å²) < 4.78 is 5.28. The fourth-order valence-electron chi connectivity index (χ4n) is 1.37. The molecule has 0 aliphatic carbocycles. The molecule has 0 unspecified atom stereocenters. The van der Waals surface area contributed by atoms with Crippen LogP contribution in [0.4, 0.5) is 0 Å². The molecule has 0 radical (unpaired) electrons. The Kier molecular flexibility index (Phi) is 3.58. The van der Waals surface area contributed by atoms with Gasteiger partial charge in [0.15, 0.2) is 0 Å². The van der Waals surface area contributed by atoms with Crippen molar-refractivity contribution in [3.63, 3.8) is 0 Å². The van der Waals surface area contributed by atoms with Gasteiger partial charge in [0.1, 0.15) is 18.1 Å². The average Bonchev–Trinajstić information content (AvgIpc) is 2.15. The Balaban J connectivity index is 2.95. The van der Waals surface area contributed by atoms with E-state index in [2.05, 4.69) is 0 Å². The number of hydrogen-bond acceptors (Lipinski definition) is 3. The van der Waals surface area contributed by atoms with Crippen LogP contribution in [-0.4, -0.2) is 23.4 Å². The van der Waals surface area contributed by atoms with Gasteiger partial charge in [0.05, 0.1) is 6.61 Å². The van der Waals surface area contributed by atoms with Crippen LogP contribution in [0.2, 0.25) is 0 Å². The summed E-state index contributed by atoms with van der Waals surface area (Å²) in [4.78, 5) is 0. The first-order valence-electron chi connectivity index (χ1n) is 5.02. The zero-order valence-corrected chi connectivity index (χ0v) is 9.45. The summed E-state index contributed by atoms with van der Waals surface area (Å²) in [5.74, 6) is 0.950. The number of benzene rings is 1. The molecule has 1 aromatic carbocycles. The van der Waals surface area contributed by atoms with Gasteiger partial charge in [-0.1, -0.05) is 20.8 Å². The lowest BCUT2D eigenvalue weighted by Gasteiger charge is -2.21. The van der Waals surface area contributed by atoms with E-state index in [0.717, 1.165) is 5.56 Å². The molecule has 1 rings (SSSR count). The molecule has 1 aromatic rings. The Labute approximate surface area is 90.3 Å². The van der Waals surface area contributed by atoms with Crippen molar-refractivity contribution in [1.29, 1.82) is 0 Å². The van der Waals surface area contributed by atoms with Gasteiger partial charge >= 0.3 is 0 Å². The molecule has 0 saturated carbocycles. The van der Waals surface area contributed by atoms with Crippen LogP contribution >= 0.6 is 0 Å². The Morgan fingerprint density at radius 1 is 1.27 bits per heavy atom. The highest BCUT2D eigenvalue weighted by molar-refractivity contribution is 5.43. The SMILES string of the molecule is CC(C)(C)c1cc(OCCO)ccc1O. The van der Waals surface area contributed by atoms with Gasteiger partial charge in [-0.3, -0.25) is 0 Å². The molecular formula is C12H18O3. The van der Waals surface area contributed by atoms with E-state index >= 15 is 0 Å². The molecule has 0 atom stereocenters. The van der Waals surface area contributed by atoms with E-state index < -0.39 is 0 Å². The number of hydrogen-bond donors (Lipinski definition) is 2. The van der Waals surface area contributed by atoms with Crippen LogP contribution in [0, 0.1) is 0 Å². The first-order valence-corrected chi connectivity index (χ1v) is 5.02. The van der Waals surface area contributed by atoms with Crippen molar-refractivity contribution in [2.45, 2.75) is 26.2 Å². The summed E-state index contributed by atoms with van der Waals surface area (Å²) in [7, 11) is 0. The van der Waals surface area contributed by atoms with Crippen LogP contribution in [0.15, 0.2) is 18.2 Å². The number of aliphatic hydroxyl groups is 1. The second kappa shape index (κ2) is 4.53. The quantitative estimate of drug-likeness (QED) is 0.802. The summed E-state index contributed by atoms with van der Waals surface area (Å²) >= 11 is 0. The second-order valence-corrected chi connectivity index (χ2v) is 4.50. The molecule has 0 spiro atoms. The summed E-state index contributed by atoms with van der Waals surface area (Å²) in [6.45, 7) is 6.34. The molecule has 84 valence electrons. The Morgan fingerprint density at radius 3 is 2.47 bits per heavy atom. The number of ether oxygens (including phenoxy) is 1. The summed E-state index contributed by atoms with van der Waals surface area (Å²) in [5.41, 5.74) is 0.723. The molecule has 0 amide bonds. The Hall–Kier alpha value is -1.22. The number of aliphatic hydroxyl groups excluding tert-OH is 1. The predicted octanol–water partition coefficient (Wildman–Crippen LogP) is 2.06. The van der Waals surface area contributed by atoms with Crippen molar-refractivity contribution in [3.05, 3.63) is 23.8 Å². The third kappa shape index (κ3) is 3.13. The van der Waals surface area contributed by atoms with Crippen LogP contribution in [0.25, 0.3) is 0 Å². The van der Waals surface area contributed by atoms with Gasteiger partial charge in [0, 0.05) is 5.56 Å². The molecule has 0 aliphatic rings. The summed E-state index contributed by atoms with van der Waals surface area (Å²) in [5, 5.41) is 18.3. The topological polar surface area (TPSA) is 49.7 Å². The van der Waals surface area contributed by atoms with E-state index in [-0.39, 0.29) is 24.4 Å². The maximum atomic E-state index is 9.69. The smallest absolute Gasteiger partial charge is 0.119 e. The molecule has 0 heterocycles. The highest BCUT2D eigenvalue weighted by Crippen LogP contribution is 2.33. The van der Waals surface area contributed by atoms with Crippen molar-refractivity contribution in [2.24, 2.45) is 0 Å². The third-order valence-electron chi connectivity index (χ3n) is 2.14. The number of phenolic OH excluding ortho intramolecular Hbond substituents is 1. The van der Waals surface area contributed by atoms with Gasteiger partial charge < -0.3 is 14.9 Å². The lowest BCUT2D eigenvalue weighted by molar-refractivity contribution is 0.201. The Bertz CT molecular complexity index is 326. The van der Waals surface area contributed by atoms with Gasteiger partial charge in [0.25, 0.3) is 0 Å². The molecule has 3 nitrogen and oxygen atoms in total. The minimum atomic E-state index is -0.122. The van der Waals surface area contributed by atoms with Crippen molar-refractivity contribution >= 4 is 0 Å². The van der Waals surface area contributed by atoms with Crippen LogP contribution in [0.5, 0.6) is 11.5 Å². The fraction of sp³-hybridized carbons (Fsp3) is 0.500. The molecule has 0 fully saturated rings. The average molecular weight is 210 g/mol. The lowest BCUT2D eigenvalue weighted by Crippen LogP contribution is -2.12. The normalized spacial score (nSPS) is 11.5. The van der Waals surface area contributed by atoms with Gasteiger partial charge in [-0.2, -0.15) is 0 Å². The summed E-state index contributed by atoms with van der Waals surface area (Å²) in [6.07, 6.45) is 0. The third-order valence-corrected chi connectivity index (χ3v) is 2.14. The summed E-state index contributed by atoms with van der Waals surface area (Å²) in [6, 6.07) is 5.12. The number of phenols is 1. The van der Waals surface area contributed by atoms with Crippen molar-refractivity contribution in [1.82, 2.24) is 0 Å². The zero-order chi connectivity index (χ0) is 11.5. The molecule has 15 heavy (non-hydrogen) atoms. The zero-order valence-electron chi connectivity index (χ0n) is 9.45. The monoisotopic (exact) mass is 210 g/mol. The molecule has 0 aromatic heterocycles. The van der Waals surface area contributed by atoms with E-state index in [4.69, 9.17) is 9.84 Å². The van der Waals surface area contributed by atoms with Crippen LogP contribution in [0.3, 0.4) is 0 Å². The van der Waals surface area contributed by atoms with E-state index in [1.807, 2.05) is 26.8 Å². The predicted molar refractivity (Wildman–Crippen MR) is 59.4 cm³/mol. The van der Waals surface area contributed by atoms with Crippen LogP contribution in [-0.2, 0) is 5.41 Å². The minimum Gasteiger partial charge on any atom is -0.508 e. The van der Waals surface area contributed by atoms with Gasteiger partial charge in [-0.05, 0) is 23.6 Å². The fourth-order valence-corrected chi connectivity index (χ4v) is 1.37. The highest BCUT2D eigenvalue weighted by Gasteiger charge is 2.18. The maximum absolute atomic E-state index is 9.69. The van der Waals surface area contributed by atoms with Crippen LogP contribution < -0.4 is 4.74 Å². The number of rotatable bonds is 3. The van der Waals surface area contributed by atoms with Crippen molar-refractivity contribution in [2.75, 3.05) is 13.2 Å². The lowest BCUT2D eigenvalue weighted by atomic mass is 9.86. The van der Waals surface area contributed by atoms with E-state index in [9.17, 15) is 5.11 Å². The molecule has 0 saturated heterocycles. The number of aromatic hydroxyl groups is 1. The highest BCUT2D eigenvalue weighted by atomic mass is 16.5. The van der Waals surface area contributed by atoms with E-state index in [0.29, 0.717) is 5.75 Å². The van der Waals surface area contributed by atoms with Crippen LogP contribution in [0.1, 0.15) is 26.3 Å². The molecule has 0 aliphatic heterocycles. The standard InChI is InChI=1S/C12H18O3/c1-12(2,3)10-8-9(15-7-6-13)4-5-11(10)14/h4-5,8,13-14H,6-7H2,1-3H3. The minimum absolute atomic E-state index is 0.00821. The van der Waals surface area contributed by atoms with Gasteiger partial charge in [-0.15, -0.1) is 0 Å².